The second-order valence-electron chi connectivity index (χ2n) is 4.08. The van der Waals surface area contributed by atoms with Crippen molar-refractivity contribution in [2.75, 3.05) is 6.54 Å². The van der Waals surface area contributed by atoms with Crippen LogP contribution in [0.15, 0.2) is 0 Å². The lowest BCUT2D eigenvalue weighted by atomic mass is 10.1. The van der Waals surface area contributed by atoms with Crippen LogP contribution in [-0.2, 0) is 9.59 Å². The molecule has 0 saturated heterocycles. The molecule has 18 heavy (non-hydrogen) atoms. The quantitative estimate of drug-likeness (QED) is 0.462. The van der Waals surface area contributed by atoms with Crippen LogP contribution in [0.5, 0.6) is 0 Å². The van der Waals surface area contributed by atoms with Gasteiger partial charge in [-0.25, -0.2) is 0 Å². The van der Waals surface area contributed by atoms with Gasteiger partial charge in [0.1, 0.15) is 6.04 Å². The lowest BCUT2D eigenvalue weighted by molar-refractivity contribution is -0.139. The normalized spacial score (nSPS) is 11.3. The summed E-state index contributed by atoms with van der Waals surface area (Å²) in [6.45, 7) is 2.67. The number of unbranched alkanes of at least 4 members (excludes halogenated alkanes) is 3. The highest BCUT2D eigenvalue weighted by Gasteiger charge is 2.08. The first-order valence-electron chi connectivity index (χ1n) is 6.35. The van der Waals surface area contributed by atoms with Crippen molar-refractivity contribution >= 4 is 11.9 Å². The van der Waals surface area contributed by atoms with Crippen molar-refractivity contribution in [1.82, 2.24) is 0 Å². The van der Waals surface area contributed by atoms with Crippen LogP contribution in [0.1, 0.15) is 51.9 Å². The molecule has 0 rings (SSSR count). The number of aliphatic carboxylic acids is 2. The van der Waals surface area contributed by atoms with Gasteiger partial charge in [0.2, 0.25) is 0 Å². The van der Waals surface area contributed by atoms with Crippen LogP contribution in [0.2, 0.25) is 0 Å². The molecule has 0 bridgehead atoms. The van der Waals surface area contributed by atoms with Crippen LogP contribution < -0.4 is 11.5 Å². The standard InChI is InChI=1S/2C6H13NO2/c1-2-3-4-5(7)6(8)9;7-5-3-1-2-4-6(8)9/h5H,2-4,7H2,1H3,(H,8,9);1-5,7H2,(H,8,9). The van der Waals surface area contributed by atoms with Gasteiger partial charge in [-0.3, -0.25) is 9.59 Å². The molecule has 0 aromatic carbocycles. The molecule has 1 atom stereocenters. The van der Waals surface area contributed by atoms with Gasteiger partial charge in [0.25, 0.3) is 0 Å². The summed E-state index contributed by atoms with van der Waals surface area (Å²) in [5.74, 6) is -1.62. The van der Waals surface area contributed by atoms with E-state index in [0.29, 0.717) is 13.0 Å². The molecule has 6 heteroatoms. The van der Waals surface area contributed by atoms with Crippen molar-refractivity contribution in [3.05, 3.63) is 0 Å². The number of hydrogen-bond acceptors (Lipinski definition) is 4. The molecule has 0 spiro atoms. The van der Waals surface area contributed by atoms with Crippen molar-refractivity contribution in [3.8, 4) is 0 Å². The largest absolute Gasteiger partial charge is 0.481 e. The van der Waals surface area contributed by atoms with Crippen molar-refractivity contribution in [1.29, 1.82) is 0 Å². The Morgan fingerprint density at radius 1 is 1.11 bits per heavy atom. The maximum absolute atomic E-state index is 10.1. The van der Waals surface area contributed by atoms with E-state index in [4.69, 9.17) is 21.7 Å². The molecule has 0 amide bonds. The van der Waals surface area contributed by atoms with E-state index >= 15 is 0 Å². The van der Waals surface area contributed by atoms with Crippen LogP contribution in [0.25, 0.3) is 0 Å². The fourth-order valence-electron chi connectivity index (χ4n) is 1.14. The van der Waals surface area contributed by atoms with Gasteiger partial charge < -0.3 is 21.7 Å². The Morgan fingerprint density at radius 3 is 2.11 bits per heavy atom. The van der Waals surface area contributed by atoms with Crippen molar-refractivity contribution in [2.45, 2.75) is 57.9 Å². The fraction of sp³-hybridized carbons (Fsp3) is 0.833. The summed E-state index contributed by atoms with van der Waals surface area (Å²) in [5.41, 5.74) is 10.4. The average molecular weight is 262 g/mol. The Labute approximate surface area is 108 Å². The Balaban J connectivity index is 0. The van der Waals surface area contributed by atoms with E-state index in [2.05, 4.69) is 0 Å². The zero-order chi connectivity index (χ0) is 14.4. The van der Waals surface area contributed by atoms with Gasteiger partial charge in [-0.05, 0) is 25.8 Å². The zero-order valence-electron chi connectivity index (χ0n) is 11.1. The van der Waals surface area contributed by atoms with E-state index in [1.807, 2.05) is 6.92 Å². The van der Waals surface area contributed by atoms with Gasteiger partial charge >= 0.3 is 11.9 Å². The predicted molar refractivity (Wildman–Crippen MR) is 70.3 cm³/mol. The summed E-state index contributed by atoms with van der Waals surface area (Å²) in [4.78, 5) is 20.0. The minimum atomic E-state index is -0.900. The minimum absolute atomic E-state index is 0.278. The van der Waals surface area contributed by atoms with E-state index in [1.54, 1.807) is 0 Å². The fourth-order valence-corrected chi connectivity index (χ4v) is 1.14. The smallest absolute Gasteiger partial charge is 0.320 e. The van der Waals surface area contributed by atoms with Crippen molar-refractivity contribution in [2.24, 2.45) is 11.5 Å². The first-order valence-corrected chi connectivity index (χ1v) is 6.35. The molecule has 0 aliphatic carbocycles. The molecule has 0 saturated carbocycles. The summed E-state index contributed by atoms with van der Waals surface area (Å²) in [6.07, 6.45) is 5.39. The van der Waals surface area contributed by atoms with Crippen LogP contribution in [0.4, 0.5) is 0 Å². The second kappa shape index (κ2) is 13.9. The highest BCUT2D eigenvalue weighted by molar-refractivity contribution is 5.72. The third-order valence-electron chi connectivity index (χ3n) is 2.28. The summed E-state index contributed by atoms with van der Waals surface area (Å²) in [5, 5.41) is 16.5. The first-order chi connectivity index (χ1) is 8.45. The Kier molecular flexibility index (Phi) is 14.9. The monoisotopic (exact) mass is 262 g/mol. The molecule has 0 heterocycles. The molecular formula is C12H26N2O4. The van der Waals surface area contributed by atoms with Crippen LogP contribution >= 0.6 is 0 Å². The number of carbonyl (C=O) groups is 2. The van der Waals surface area contributed by atoms with E-state index in [9.17, 15) is 9.59 Å². The third kappa shape index (κ3) is 17.3. The molecule has 0 radical (unpaired) electrons. The van der Waals surface area contributed by atoms with Gasteiger partial charge in [-0.15, -0.1) is 0 Å². The van der Waals surface area contributed by atoms with E-state index < -0.39 is 18.0 Å². The number of hydrogen-bond donors (Lipinski definition) is 4. The third-order valence-corrected chi connectivity index (χ3v) is 2.28. The van der Waals surface area contributed by atoms with Crippen molar-refractivity contribution in [3.63, 3.8) is 0 Å². The minimum Gasteiger partial charge on any atom is -0.481 e. The highest BCUT2D eigenvalue weighted by Crippen LogP contribution is 1.97. The zero-order valence-corrected chi connectivity index (χ0v) is 11.1. The summed E-state index contributed by atoms with van der Waals surface area (Å²) in [6, 6.07) is -0.662. The van der Waals surface area contributed by atoms with Crippen LogP contribution in [0.3, 0.4) is 0 Å². The molecule has 0 aliphatic heterocycles. The Morgan fingerprint density at radius 2 is 1.72 bits per heavy atom. The molecule has 108 valence electrons. The molecular weight excluding hydrogens is 236 g/mol. The molecule has 6 nitrogen and oxygen atoms in total. The number of carboxylic acids is 2. The molecule has 0 aromatic heterocycles. The summed E-state index contributed by atoms with van der Waals surface area (Å²) in [7, 11) is 0. The molecule has 6 N–H and O–H groups in total. The maximum Gasteiger partial charge on any atom is 0.320 e. The Hall–Kier alpha value is -1.14. The van der Waals surface area contributed by atoms with Crippen molar-refractivity contribution < 1.29 is 19.8 Å². The molecule has 1 unspecified atom stereocenters. The van der Waals surface area contributed by atoms with E-state index in [-0.39, 0.29) is 6.42 Å². The summed E-state index contributed by atoms with van der Waals surface area (Å²) >= 11 is 0. The van der Waals surface area contributed by atoms with Gasteiger partial charge in [-0.1, -0.05) is 26.2 Å². The van der Waals surface area contributed by atoms with Gasteiger partial charge in [-0.2, -0.15) is 0 Å². The lowest BCUT2D eigenvalue weighted by Gasteiger charge is -2.02. The highest BCUT2D eigenvalue weighted by atomic mass is 16.4. The lowest BCUT2D eigenvalue weighted by Crippen LogP contribution is -2.29. The van der Waals surface area contributed by atoms with Gasteiger partial charge in [0.05, 0.1) is 0 Å². The number of carboxylic acid groups (broad SMARTS) is 2. The second-order valence-corrected chi connectivity index (χ2v) is 4.08. The van der Waals surface area contributed by atoms with Crippen LogP contribution in [-0.4, -0.2) is 34.7 Å². The number of nitrogens with two attached hydrogens (primary N) is 2. The molecule has 0 aromatic rings. The predicted octanol–water partition coefficient (Wildman–Crippen LogP) is 1.18. The Bertz CT molecular complexity index is 222. The topological polar surface area (TPSA) is 127 Å². The molecule has 0 fully saturated rings. The van der Waals surface area contributed by atoms with E-state index in [1.165, 1.54) is 0 Å². The average Bonchev–Trinajstić information content (AvgIpc) is 2.32. The van der Waals surface area contributed by atoms with E-state index in [0.717, 1.165) is 32.1 Å². The SMILES string of the molecule is CCCCC(N)C(=O)O.NCCCCCC(=O)O. The summed E-state index contributed by atoms with van der Waals surface area (Å²) < 4.78 is 0. The van der Waals surface area contributed by atoms with Crippen LogP contribution in [0, 0.1) is 0 Å². The van der Waals surface area contributed by atoms with Gasteiger partial charge in [0.15, 0.2) is 0 Å². The van der Waals surface area contributed by atoms with Gasteiger partial charge in [0, 0.05) is 6.42 Å². The first kappa shape index (κ1) is 19.2. The molecule has 0 aliphatic rings. The number of rotatable bonds is 9. The maximum atomic E-state index is 10.1.